The molecule has 2 amide bonds. The van der Waals surface area contributed by atoms with Crippen molar-refractivity contribution in [2.45, 2.75) is 33.9 Å². The molecule has 0 aliphatic rings. The van der Waals surface area contributed by atoms with Gasteiger partial charge in [0.25, 0.3) is 0 Å². The van der Waals surface area contributed by atoms with E-state index in [9.17, 15) is 9.59 Å². The number of rotatable bonds is 8. The first-order valence-electron chi connectivity index (χ1n) is 9.00. The molecule has 0 saturated heterocycles. The Balaban J connectivity index is 2.30. The van der Waals surface area contributed by atoms with Crippen LogP contribution in [-0.2, 0) is 22.7 Å². The largest absolute Gasteiger partial charge is 0.348 e. The summed E-state index contributed by atoms with van der Waals surface area (Å²) >= 11 is 0. The van der Waals surface area contributed by atoms with E-state index < -0.39 is 5.41 Å². The molecule has 144 valence electrons. The summed E-state index contributed by atoms with van der Waals surface area (Å²) in [7, 11) is 0. The average Bonchev–Trinajstić information content (AvgIpc) is 2.96. The van der Waals surface area contributed by atoms with E-state index in [-0.39, 0.29) is 24.9 Å². The molecule has 0 aliphatic heterocycles. The molecule has 2 aromatic rings. The van der Waals surface area contributed by atoms with E-state index in [1.54, 1.807) is 17.1 Å². The van der Waals surface area contributed by atoms with Gasteiger partial charge in [-0.25, -0.2) is 4.98 Å². The van der Waals surface area contributed by atoms with Crippen molar-refractivity contribution in [3.63, 3.8) is 0 Å². The Morgan fingerprint density at radius 1 is 1.19 bits per heavy atom. The molecular weight excluding hydrogens is 340 g/mol. The van der Waals surface area contributed by atoms with Crippen LogP contribution in [0.4, 0.5) is 0 Å². The Hall–Kier alpha value is -2.89. The fraction of sp³-hybridized carbons (Fsp3) is 0.381. The van der Waals surface area contributed by atoms with Crippen molar-refractivity contribution in [3.05, 3.63) is 55.4 Å². The van der Waals surface area contributed by atoms with Crippen LogP contribution in [0.3, 0.4) is 0 Å². The Morgan fingerprint density at radius 2 is 1.81 bits per heavy atom. The zero-order valence-electron chi connectivity index (χ0n) is 16.4. The number of aromatic nitrogens is 2. The Bertz CT molecular complexity index is 835. The van der Waals surface area contributed by atoms with E-state index in [4.69, 9.17) is 0 Å². The Labute approximate surface area is 160 Å². The number of nitrogens with one attached hydrogen (secondary N) is 1. The average molecular weight is 368 g/mol. The van der Waals surface area contributed by atoms with Gasteiger partial charge < -0.3 is 14.8 Å². The lowest BCUT2D eigenvalue weighted by atomic mass is 9.96. The number of nitrogens with zero attached hydrogens (tertiary/aromatic N) is 3. The molecule has 0 spiro atoms. The molecule has 0 fully saturated rings. The van der Waals surface area contributed by atoms with E-state index in [2.05, 4.69) is 23.5 Å². The SMILES string of the molecule is C=CCN(CC=C)C(=O)Cn1c(CNC(=O)C(C)(C)C)nc2ccccc21. The van der Waals surface area contributed by atoms with Gasteiger partial charge in [0.15, 0.2) is 0 Å². The van der Waals surface area contributed by atoms with Crippen molar-refractivity contribution in [2.75, 3.05) is 13.1 Å². The standard InChI is InChI=1S/C21H28N4O2/c1-6-12-24(13-7-2)19(26)15-25-17-11-9-8-10-16(17)23-18(25)14-22-20(27)21(3,4)5/h6-11H,1-2,12-15H2,3-5H3,(H,22,27). The first-order chi connectivity index (χ1) is 12.8. The Morgan fingerprint density at radius 3 is 2.41 bits per heavy atom. The monoisotopic (exact) mass is 368 g/mol. The number of para-hydroxylation sites is 2. The number of imidazole rings is 1. The van der Waals surface area contributed by atoms with E-state index in [0.29, 0.717) is 18.9 Å². The molecule has 0 aliphatic carbocycles. The summed E-state index contributed by atoms with van der Waals surface area (Å²) in [5.41, 5.74) is 1.17. The lowest BCUT2D eigenvalue weighted by Gasteiger charge is -2.21. The van der Waals surface area contributed by atoms with Crippen molar-refractivity contribution < 1.29 is 9.59 Å². The molecule has 0 atom stereocenters. The second-order valence-electron chi connectivity index (χ2n) is 7.41. The molecule has 1 heterocycles. The third kappa shape index (κ3) is 5.06. The number of benzene rings is 1. The highest BCUT2D eigenvalue weighted by molar-refractivity contribution is 5.82. The molecule has 6 heteroatoms. The normalized spacial score (nSPS) is 11.2. The predicted octanol–water partition coefficient (Wildman–Crippen LogP) is 2.90. The van der Waals surface area contributed by atoms with Gasteiger partial charge in [0, 0.05) is 18.5 Å². The van der Waals surface area contributed by atoms with Crippen LogP contribution in [0.5, 0.6) is 0 Å². The minimum absolute atomic E-state index is 0.0543. The maximum absolute atomic E-state index is 12.8. The fourth-order valence-corrected chi connectivity index (χ4v) is 2.69. The maximum Gasteiger partial charge on any atom is 0.243 e. The molecule has 0 saturated carbocycles. The lowest BCUT2D eigenvalue weighted by Crippen LogP contribution is -2.36. The van der Waals surface area contributed by atoms with E-state index in [1.165, 1.54) is 0 Å². The topological polar surface area (TPSA) is 67.2 Å². The third-order valence-electron chi connectivity index (χ3n) is 4.17. The highest BCUT2D eigenvalue weighted by Crippen LogP contribution is 2.18. The summed E-state index contributed by atoms with van der Waals surface area (Å²) in [6.45, 7) is 14.3. The van der Waals surface area contributed by atoms with Crippen LogP contribution in [0.1, 0.15) is 26.6 Å². The molecule has 27 heavy (non-hydrogen) atoms. The summed E-state index contributed by atoms with van der Waals surface area (Å²) in [5, 5.41) is 2.91. The van der Waals surface area contributed by atoms with Crippen LogP contribution in [0, 0.1) is 5.41 Å². The highest BCUT2D eigenvalue weighted by Gasteiger charge is 2.22. The predicted molar refractivity (Wildman–Crippen MR) is 108 cm³/mol. The van der Waals surface area contributed by atoms with Crippen LogP contribution in [-0.4, -0.2) is 39.4 Å². The molecule has 1 aromatic heterocycles. The summed E-state index contributed by atoms with van der Waals surface area (Å²) in [6, 6.07) is 7.64. The van der Waals surface area contributed by atoms with Crippen molar-refractivity contribution in [1.82, 2.24) is 19.8 Å². The molecular formula is C21H28N4O2. The number of carbonyl (C=O) groups is 2. The van der Waals surface area contributed by atoms with Crippen molar-refractivity contribution >= 4 is 22.8 Å². The molecule has 1 N–H and O–H groups in total. The highest BCUT2D eigenvalue weighted by atomic mass is 16.2. The molecule has 6 nitrogen and oxygen atoms in total. The smallest absolute Gasteiger partial charge is 0.243 e. The second kappa shape index (κ2) is 8.66. The first-order valence-corrected chi connectivity index (χ1v) is 9.00. The summed E-state index contributed by atoms with van der Waals surface area (Å²) < 4.78 is 1.86. The number of hydrogen-bond donors (Lipinski definition) is 1. The van der Waals surface area contributed by atoms with Crippen LogP contribution in [0.15, 0.2) is 49.6 Å². The van der Waals surface area contributed by atoms with Gasteiger partial charge in [-0.1, -0.05) is 45.1 Å². The quantitative estimate of drug-likeness (QED) is 0.729. The van der Waals surface area contributed by atoms with Crippen LogP contribution in [0.25, 0.3) is 11.0 Å². The van der Waals surface area contributed by atoms with Gasteiger partial charge in [0.1, 0.15) is 12.4 Å². The van der Waals surface area contributed by atoms with Crippen LogP contribution in [0.2, 0.25) is 0 Å². The Kier molecular flexibility index (Phi) is 6.55. The molecule has 0 unspecified atom stereocenters. The first kappa shape index (κ1) is 20.4. The van der Waals surface area contributed by atoms with Gasteiger partial charge in [-0.2, -0.15) is 0 Å². The minimum atomic E-state index is -0.489. The zero-order valence-corrected chi connectivity index (χ0v) is 16.4. The molecule has 0 bridgehead atoms. The fourth-order valence-electron chi connectivity index (χ4n) is 2.69. The van der Waals surface area contributed by atoms with E-state index in [0.717, 1.165) is 11.0 Å². The zero-order chi connectivity index (χ0) is 20.0. The molecule has 0 radical (unpaired) electrons. The van der Waals surface area contributed by atoms with Gasteiger partial charge in [-0.05, 0) is 12.1 Å². The van der Waals surface area contributed by atoms with Crippen molar-refractivity contribution in [1.29, 1.82) is 0 Å². The van der Waals surface area contributed by atoms with Gasteiger partial charge >= 0.3 is 0 Å². The van der Waals surface area contributed by atoms with E-state index >= 15 is 0 Å². The van der Waals surface area contributed by atoms with Gasteiger partial charge in [0.2, 0.25) is 11.8 Å². The summed E-state index contributed by atoms with van der Waals surface area (Å²) in [4.78, 5) is 31.3. The lowest BCUT2D eigenvalue weighted by molar-refractivity contribution is -0.130. The second-order valence-corrected chi connectivity index (χ2v) is 7.41. The molecule has 1 aromatic carbocycles. The maximum atomic E-state index is 12.8. The number of fused-ring (bicyclic) bond motifs is 1. The van der Waals surface area contributed by atoms with Crippen molar-refractivity contribution in [3.8, 4) is 0 Å². The van der Waals surface area contributed by atoms with Crippen molar-refractivity contribution in [2.24, 2.45) is 5.41 Å². The van der Waals surface area contributed by atoms with Crippen LogP contribution >= 0.6 is 0 Å². The summed E-state index contributed by atoms with van der Waals surface area (Å²) in [5.74, 6) is 0.535. The van der Waals surface area contributed by atoms with Gasteiger partial charge in [-0.3, -0.25) is 9.59 Å². The van der Waals surface area contributed by atoms with Crippen LogP contribution < -0.4 is 5.32 Å². The molecule has 2 rings (SSSR count). The number of carbonyl (C=O) groups excluding carboxylic acids is 2. The van der Waals surface area contributed by atoms with Gasteiger partial charge in [-0.15, -0.1) is 13.2 Å². The van der Waals surface area contributed by atoms with Gasteiger partial charge in [0.05, 0.1) is 17.6 Å². The summed E-state index contributed by atoms with van der Waals surface area (Å²) in [6.07, 6.45) is 3.38. The van der Waals surface area contributed by atoms with E-state index in [1.807, 2.05) is 49.6 Å². The minimum Gasteiger partial charge on any atom is -0.348 e. The number of hydrogen-bond acceptors (Lipinski definition) is 3. The number of amides is 2. The third-order valence-corrected chi connectivity index (χ3v) is 4.17.